The van der Waals surface area contributed by atoms with Crippen LogP contribution in [0.5, 0.6) is 5.75 Å². The number of benzene rings is 1. The molecule has 1 saturated heterocycles. The average molecular weight is 425 g/mol. The Kier molecular flexibility index (Phi) is 7.27. The van der Waals surface area contributed by atoms with Gasteiger partial charge in [0.15, 0.2) is 11.5 Å². The van der Waals surface area contributed by atoms with Crippen LogP contribution in [-0.4, -0.2) is 74.2 Å². The van der Waals surface area contributed by atoms with Gasteiger partial charge < -0.3 is 18.8 Å². The second kappa shape index (κ2) is 9.34. The van der Waals surface area contributed by atoms with Gasteiger partial charge in [0.2, 0.25) is 0 Å². The number of nitrogens with one attached hydrogen (secondary N) is 1. The van der Waals surface area contributed by atoms with E-state index in [-0.39, 0.29) is 41.4 Å². The van der Waals surface area contributed by atoms with E-state index in [4.69, 9.17) is 14.2 Å². The maximum absolute atomic E-state index is 12.8. The third kappa shape index (κ3) is 5.32. The summed E-state index contributed by atoms with van der Waals surface area (Å²) in [7, 11) is 0. The first-order valence-electron chi connectivity index (χ1n) is 9.13. The van der Waals surface area contributed by atoms with Crippen LogP contribution in [0.2, 0.25) is 0 Å². The molecule has 0 saturated carbocycles. The molecule has 3 aromatic rings. The number of aromatic nitrogens is 3. The molecule has 0 amide bonds. The summed E-state index contributed by atoms with van der Waals surface area (Å²) < 4.78 is 30.0. The van der Waals surface area contributed by atoms with E-state index in [0.29, 0.717) is 24.1 Å². The molecule has 9 heteroatoms. The molecule has 150 valence electrons. The molecular formula is C20H24N3NaO4S. The van der Waals surface area contributed by atoms with Gasteiger partial charge in [-0.2, -0.15) is 4.98 Å². The van der Waals surface area contributed by atoms with Crippen molar-refractivity contribution in [2.24, 2.45) is 0 Å². The molecule has 1 N–H and O–H groups in total. The number of pyridine rings is 1. The second-order valence-corrected chi connectivity index (χ2v) is 8.56. The van der Waals surface area contributed by atoms with Crippen LogP contribution in [0.15, 0.2) is 41.7 Å². The van der Waals surface area contributed by atoms with Crippen LogP contribution in [0.3, 0.4) is 0 Å². The fourth-order valence-corrected chi connectivity index (χ4v) is 4.22. The van der Waals surface area contributed by atoms with Crippen LogP contribution >= 0.6 is 0 Å². The molecule has 1 aliphatic heterocycles. The van der Waals surface area contributed by atoms with Crippen LogP contribution in [0.25, 0.3) is 11.0 Å². The Morgan fingerprint density at radius 1 is 1.31 bits per heavy atom. The first-order chi connectivity index (χ1) is 13.4. The molecule has 7 nitrogen and oxygen atoms in total. The second-order valence-electron chi connectivity index (χ2n) is 7.19. The topological polar surface area (TPSA) is 92.3 Å². The minimum atomic E-state index is -1.33. The zero-order chi connectivity index (χ0) is 19.7. The normalized spacial score (nSPS) is 19.1. The van der Waals surface area contributed by atoms with E-state index in [1.54, 1.807) is 6.20 Å². The van der Waals surface area contributed by atoms with Crippen LogP contribution < -0.4 is 4.74 Å². The third-order valence-electron chi connectivity index (χ3n) is 4.60. The number of imidazole rings is 1. The molecular weight excluding hydrogens is 401 g/mol. The molecule has 1 aromatic carbocycles. The Morgan fingerprint density at radius 3 is 2.83 bits per heavy atom. The van der Waals surface area contributed by atoms with Crippen LogP contribution in [0.4, 0.5) is 0 Å². The number of nitrogens with zero attached hydrogens (tertiary/aromatic N) is 2. The number of aromatic amines is 1. The van der Waals surface area contributed by atoms with E-state index < -0.39 is 17.0 Å². The van der Waals surface area contributed by atoms with E-state index in [1.807, 2.05) is 51.1 Å². The monoisotopic (exact) mass is 425 g/mol. The van der Waals surface area contributed by atoms with Gasteiger partial charge in [0.05, 0.1) is 23.3 Å². The first kappa shape index (κ1) is 22.6. The predicted octanol–water partition coefficient (Wildman–Crippen LogP) is 2.46. The summed E-state index contributed by atoms with van der Waals surface area (Å²) in [5.41, 5.74) is 3.26. The predicted molar refractivity (Wildman–Crippen MR) is 113 cm³/mol. The van der Waals surface area contributed by atoms with E-state index in [9.17, 15) is 4.55 Å². The van der Waals surface area contributed by atoms with Crippen molar-refractivity contribution >= 4 is 51.8 Å². The zero-order valence-corrected chi connectivity index (χ0v) is 16.9. The van der Waals surface area contributed by atoms with Gasteiger partial charge >= 0.3 is 34.7 Å². The van der Waals surface area contributed by atoms with Crippen molar-refractivity contribution in [1.82, 2.24) is 15.0 Å². The summed E-state index contributed by atoms with van der Waals surface area (Å²) in [4.78, 5) is 11.9. The van der Waals surface area contributed by atoms with Crippen molar-refractivity contribution < 1.29 is 18.8 Å². The number of ether oxygens (including phenoxy) is 3. The van der Waals surface area contributed by atoms with Crippen LogP contribution in [-0.2, 0) is 26.4 Å². The fraction of sp³-hybridized carbons (Fsp3) is 0.400. The summed E-state index contributed by atoms with van der Waals surface area (Å²) in [6.07, 6.45) is 1.55. The molecule has 3 heterocycles. The molecule has 0 radical (unpaired) electrons. The van der Waals surface area contributed by atoms with E-state index in [1.165, 1.54) is 0 Å². The van der Waals surface area contributed by atoms with Gasteiger partial charge in [0.1, 0.15) is 18.5 Å². The molecule has 29 heavy (non-hydrogen) atoms. The van der Waals surface area contributed by atoms with Crippen molar-refractivity contribution in [2.75, 3.05) is 13.2 Å². The van der Waals surface area contributed by atoms with Gasteiger partial charge in [0, 0.05) is 22.9 Å². The van der Waals surface area contributed by atoms with Gasteiger partial charge in [0.25, 0.3) is 0 Å². The summed E-state index contributed by atoms with van der Waals surface area (Å²) in [5, 5.41) is 0.451. The fourth-order valence-electron chi connectivity index (χ4n) is 3.12. The van der Waals surface area contributed by atoms with Crippen LogP contribution in [0, 0.1) is 6.92 Å². The molecule has 0 bridgehead atoms. The van der Waals surface area contributed by atoms with Gasteiger partial charge in [-0.15, -0.1) is 0 Å². The summed E-state index contributed by atoms with van der Waals surface area (Å²) in [5.74, 6) is 0.398. The molecule has 1 aliphatic rings. The Morgan fingerprint density at radius 2 is 2.10 bits per heavy atom. The molecule has 1 unspecified atom stereocenters. The van der Waals surface area contributed by atoms with E-state index in [2.05, 4.69) is 15.0 Å². The molecule has 0 aliphatic carbocycles. The zero-order valence-electron chi connectivity index (χ0n) is 16.1. The number of H-pyrrole nitrogens is 1. The molecule has 1 fully saturated rings. The summed E-state index contributed by atoms with van der Waals surface area (Å²) in [6, 6.07) is 9.43. The number of fused-ring (bicyclic) bond motifs is 1. The molecule has 4 rings (SSSR count). The Balaban J connectivity index is 0.00000240. The Labute approximate surface area is 195 Å². The summed E-state index contributed by atoms with van der Waals surface area (Å²) >= 11 is -1.33. The van der Waals surface area contributed by atoms with Crippen molar-refractivity contribution in [1.29, 1.82) is 0 Å². The Bertz CT molecular complexity index is 948. The van der Waals surface area contributed by atoms with Crippen molar-refractivity contribution in [2.45, 2.75) is 43.6 Å². The standard InChI is InChI=1S/C20H23N3O4S.Na.H/c1-13-17(12-28(24)19-22-15-6-4-5-7-16(15)23-19)21-9-8-18(13)25-10-14-11-26-20(2,3)27-14;;/h4-9,14H,10-12H2,1-3H3,(H,22,23);;/t14-,28?;;/m1../s1. The third-order valence-corrected chi connectivity index (χ3v) is 5.76. The van der Waals surface area contributed by atoms with Gasteiger partial charge in [-0.25, -0.2) is 0 Å². The molecule has 2 atom stereocenters. The van der Waals surface area contributed by atoms with E-state index in [0.717, 1.165) is 22.3 Å². The van der Waals surface area contributed by atoms with Gasteiger partial charge in [-0.1, -0.05) is 12.1 Å². The van der Waals surface area contributed by atoms with Gasteiger partial charge in [-0.05, 0) is 39.0 Å². The van der Waals surface area contributed by atoms with Crippen LogP contribution in [0.1, 0.15) is 25.1 Å². The quantitative estimate of drug-likeness (QED) is 0.482. The maximum atomic E-state index is 12.8. The number of rotatable bonds is 6. The van der Waals surface area contributed by atoms with Gasteiger partial charge in [-0.3, -0.25) is 9.97 Å². The average Bonchev–Trinajstić information content (AvgIpc) is 3.25. The SMILES string of the molecule is Cc1c(OC[C@@H]2COC(C)(C)O2)ccnc1C[S+]([O-])c1nc2ccccc2[nH]1.[NaH]. The number of para-hydroxylation sites is 2. The Hall–Kier alpha value is -1.13. The number of hydrogen-bond acceptors (Lipinski definition) is 6. The molecule has 0 spiro atoms. The van der Waals surface area contributed by atoms with Crippen molar-refractivity contribution in [3.63, 3.8) is 0 Å². The number of hydrogen-bond donors (Lipinski definition) is 1. The van der Waals surface area contributed by atoms with E-state index >= 15 is 0 Å². The molecule has 2 aromatic heterocycles. The summed E-state index contributed by atoms with van der Waals surface area (Å²) in [6.45, 7) is 6.58. The van der Waals surface area contributed by atoms with Crippen molar-refractivity contribution in [3.05, 3.63) is 47.8 Å². The van der Waals surface area contributed by atoms with Crippen molar-refractivity contribution in [3.8, 4) is 5.75 Å². The minimum absolute atomic E-state index is 0. The first-order valence-corrected chi connectivity index (χ1v) is 10.5.